The Morgan fingerprint density at radius 1 is 1.29 bits per heavy atom. The third-order valence-electron chi connectivity index (χ3n) is 2.91. The molecule has 21 heavy (non-hydrogen) atoms. The quantitative estimate of drug-likeness (QED) is 0.849. The Kier molecular flexibility index (Phi) is 5.45. The van der Waals surface area contributed by atoms with Gasteiger partial charge in [-0.05, 0) is 29.8 Å². The van der Waals surface area contributed by atoms with E-state index in [9.17, 15) is 4.39 Å². The Labute approximate surface area is 135 Å². The molecule has 0 amide bonds. The van der Waals surface area contributed by atoms with E-state index in [-0.39, 0.29) is 12.4 Å². The summed E-state index contributed by atoms with van der Waals surface area (Å²) in [7, 11) is 1.53. The van der Waals surface area contributed by atoms with Gasteiger partial charge in [0.05, 0.1) is 12.1 Å². The minimum Gasteiger partial charge on any atom is -0.493 e. The molecule has 0 aliphatic heterocycles. The summed E-state index contributed by atoms with van der Waals surface area (Å²) in [6.45, 7) is 0.596. The molecule has 0 heterocycles. The van der Waals surface area contributed by atoms with Crippen LogP contribution >= 0.6 is 27.5 Å². The Bertz CT molecular complexity index is 652. The Morgan fingerprint density at radius 3 is 2.67 bits per heavy atom. The molecule has 2 N–H and O–H groups in total. The largest absolute Gasteiger partial charge is 0.493 e. The van der Waals surface area contributed by atoms with Crippen molar-refractivity contribution >= 4 is 27.5 Å². The Hall–Kier alpha value is -1.30. The van der Waals surface area contributed by atoms with Crippen molar-refractivity contribution in [1.29, 1.82) is 0 Å². The van der Waals surface area contributed by atoms with Crippen LogP contribution in [-0.2, 0) is 13.2 Å². The van der Waals surface area contributed by atoms with E-state index >= 15 is 0 Å². The molecule has 6 heteroatoms. The maximum Gasteiger partial charge on any atom is 0.180 e. The van der Waals surface area contributed by atoms with E-state index in [1.165, 1.54) is 19.2 Å². The molecule has 0 radical (unpaired) electrons. The van der Waals surface area contributed by atoms with Gasteiger partial charge in [0.2, 0.25) is 0 Å². The van der Waals surface area contributed by atoms with Crippen molar-refractivity contribution in [2.45, 2.75) is 13.2 Å². The van der Waals surface area contributed by atoms with Crippen molar-refractivity contribution < 1.29 is 13.9 Å². The average molecular weight is 375 g/mol. The van der Waals surface area contributed by atoms with Crippen molar-refractivity contribution in [2.75, 3.05) is 7.11 Å². The molecule has 0 aromatic heterocycles. The monoisotopic (exact) mass is 373 g/mol. The zero-order chi connectivity index (χ0) is 15.4. The number of hydrogen-bond acceptors (Lipinski definition) is 3. The fourth-order valence-corrected chi connectivity index (χ4v) is 2.57. The topological polar surface area (TPSA) is 44.5 Å². The number of halogens is 3. The van der Waals surface area contributed by atoms with E-state index in [1.54, 1.807) is 18.2 Å². The molecule has 3 nitrogen and oxygen atoms in total. The predicted molar refractivity (Wildman–Crippen MR) is 84.3 cm³/mol. The second-order valence-electron chi connectivity index (χ2n) is 4.34. The molecule has 0 aliphatic carbocycles. The van der Waals surface area contributed by atoms with Crippen LogP contribution < -0.4 is 15.2 Å². The third kappa shape index (κ3) is 3.87. The van der Waals surface area contributed by atoms with Gasteiger partial charge in [-0.1, -0.05) is 33.6 Å². The first kappa shape index (κ1) is 16.1. The minimum absolute atomic E-state index is 0.235. The first-order valence-electron chi connectivity index (χ1n) is 6.18. The molecule has 0 fully saturated rings. The van der Waals surface area contributed by atoms with Crippen molar-refractivity contribution in [3.05, 3.63) is 56.8 Å². The highest BCUT2D eigenvalue weighted by Crippen LogP contribution is 2.37. The van der Waals surface area contributed by atoms with Crippen LogP contribution in [0.1, 0.15) is 11.1 Å². The number of methoxy groups -OCH3 is 1. The van der Waals surface area contributed by atoms with E-state index in [2.05, 4.69) is 15.9 Å². The molecule has 2 aromatic carbocycles. The molecule has 0 spiro atoms. The molecule has 0 bridgehead atoms. The van der Waals surface area contributed by atoms with E-state index in [4.69, 9.17) is 26.8 Å². The first-order chi connectivity index (χ1) is 10.0. The molecule has 0 aliphatic rings. The second-order valence-corrected chi connectivity index (χ2v) is 5.60. The SMILES string of the molecule is COc1cc(CN)cc(Cl)c1OCc1ccc(F)cc1Br. The summed E-state index contributed by atoms with van der Waals surface area (Å²) in [6, 6.07) is 7.92. The second kappa shape index (κ2) is 7.11. The van der Waals surface area contributed by atoms with E-state index < -0.39 is 0 Å². The average Bonchev–Trinajstić information content (AvgIpc) is 2.46. The summed E-state index contributed by atoms with van der Waals surface area (Å²) in [5, 5.41) is 0.424. The van der Waals surface area contributed by atoms with Gasteiger partial charge in [0.15, 0.2) is 11.5 Å². The van der Waals surface area contributed by atoms with E-state index in [0.29, 0.717) is 27.5 Å². The van der Waals surface area contributed by atoms with Crippen molar-refractivity contribution in [3.8, 4) is 11.5 Å². The van der Waals surface area contributed by atoms with Gasteiger partial charge in [-0.2, -0.15) is 0 Å². The molecule has 0 atom stereocenters. The minimum atomic E-state index is -0.312. The fourth-order valence-electron chi connectivity index (χ4n) is 1.82. The number of nitrogens with two attached hydrogens (primary N) is 1. The summed E-state index contributed by atoms with van der Waals surface area (Å²) in [4.78, 5) is 0. The van der Waals surface area contributed by atoms with Gasteiger partial charge in [-0.3, -0.25) is 0 Å². The van der Waals surface area contributed by atoms with Gasteiger partial charge < -0.3 is 15.2 Å². The zero-order valence-corrected chi connectivity index (χ0v) is 13.7. The summed E-state index contributed by atoms with van der Waals surface area (Å²) in [6.07, 6.45) is 0. The van der Waals surface area contributed by atoms with E-state index in [0.717, 1.165) is 11.1 Å². The molecule has 2 aromatic rings. The number of benzene rings is 2. The van der Waals surface area contributed by atoms with Crippen LogP contribution in [0.5, 0.6) is 11.5 Å². The van der Waals surface area contributed by atoms with Crippen LogP contribution in [0.4, 0.5) is 4.39 Å². The molecule has 0 unspecified atom stereocenters. The smallest absolute Gasteiger partial charge is 0.180 e. The lowest BCUT2D eigenvalue weighted by molar-refractivity contribution is 0.284. The molecular formula is C15H14BrClFNO2. The third-order valence-corrected chi connectivity index (χ3v) is 3.93. The Morgan fingerprint density at radius 2 is 2.05 bits per heavy atom. The van der Waals surface area contributed by atoms with Crippen LogP contribution in [0.15, 0.2) is 34.8 Å². The number of hydrogen-bond donors (Lipinski definition) is 1. The van der Waals surface area contributed by atoms with Gasteiger partial charge in [0, 0.05) is 16.6 Å². The lowest BCUT2D eigenvalue weighted by atomic mass is 10.2. The lowest BCUT2D eigenvalue weighted by Crippen LogP contribution is -2.02. The zero-order valence-electron chi connectivity index (χ0n) is 11.3. The molecule has 0 saturated heterocycles. The number of rotatable bonds is 5. The van der Waals surface area contributed by atoms with Gasteiger partial charge in [-0.15, -0.1) is 0 Å². The van der Waals surface area contributed by atoms with E-state index in [1.807, 2.05) is 0 Å². The van der Waals surface area contributed by atoms with Crippen LogP contribution in [0, 0.1) is 5.82 Å². The Balaban J connectivity index is 2.23. The van der Waals surface area contributed by atoms with Crippen molar-refractivity contribution in [1.82, 2.24) is 0 Å². The first-order valence-corrected chi connectivity index (χ1v) is 7.35. The standard InChI is InChI=1S/C15H14BrClFNO2/c1-20-14-5-9(7-19)4-13(17)15(14)21-8-10-2-3-11(18)6-12(10)16/h2-6H,7-8,19H2,1H3. The maximum absolute atomic E-state index is 13.1. The maximum atomic E-state index is 13.1. The van der Waals surface area contributed by atoms with Crippen molar-refractivity contribution in [2.24, 2.45) is 5.73 Å². The molecule has 112 valence electrons. The summed E-state index contributed by atoms with van der Waals surface area (Å²) in [5.74, 6) is 0.641. The van der Waals surface area contributed by atoms with Gasteiger partial charge in [0.1, 0.15) is 12.4 Å². The highest BCUT2D eigenvalue weighted by molar-refractivity contribution is 9.10. The summed E-state index contributed by atoms with van der Waals surface area (Å²) in [5.41, 5.74) is 7.25. The number of ether oxygens (including phenoxy) is 2. The normalized spacial score (nSPS) is 10.5. The van der Waals surface area contributed by atoms with Crippen LogP contribution in [0.2, 0.25) is 5.02 Å². The highest BCUT2D eigenvalue weighted by atomic mass is 79.9. The van der Waals surface area contributed by atoms with Crippen molar-refractivity contribution in [3.63, 3.8) is 0 Å². The summed E-state index contributed by atoms with van der Waals surface area (Å²) >= 11 is 9.49. The lowest BCUT2D eigenvalue weighted by Gasteiger charge is -2.14. The predicted octanol–water partition coefficient (Wildman–Crippen LogP) is 4.29. The van der Waals surface area contributed by atoms with Gasteiger partial charge in [0.25, 0.3) is 0 Å². The summed E-state index contributed by atoms with van der Waals surface area (Å²) < 4.78 is 24.7. The van der Waals surface area contributed by atoms with Crippen LogP contribution in [-0.4, -0.2) is 7.11 Å². The van der Waals surface area contributed by atoms with Gasteiger partial charge >= 0.3 is 0 Å². The van der Waals surface area contributed by atoms with Crippen LogP contribution in [0.3, 0.4) is 0 Å². The fraction of sp³-hybridized carbons (Fsp3) is 0.200. The van der Waals surface area contributed by atoms with Gasteiger partial charge in [-0.25, -0.2) is 4.39 Å². The molecule has 0 saturated carbocycles. The van der Waals surface area contributed by atoms with Crippen LogP contribution in [0.25, 0.3) is 0 Å². The molecular weight excluding hydrogens is 361 g/mol. The highest BCUT2D eigenvalue weighted by Gasteiger charge is 2.12. The molecule has 2 rings (SSSR count).